The predicted molar refractivity (Wildman–Crippen MR) is 170 cm³/mol. The van der Waals surface area contributed by atoms with E-state index in [1.807, 2.05) is 37.3 Å². The first-order valence-electron chi connectivity index (χ1n) is 15.5. The van der Waals surface area contributed by atoms with E-state index in [2.05, 4.69) is 10.3 Å². The summed E-state index contributed by atoms with van der Waals surface area (Å²) >= 11 is 2.78. The van der Waals surface area contributed by atoms with Crippen molar-refractivity contribution in [2.75, 3.05) is 25.1 Å². The molecule has 2 bridgehead atoms. The number of ether oxygens (including phenoxy) is 2. The van der Waals surface area contributed by atoms with Gasteiger partial charge in [0.1, 0.15) is 0 Å². The Bertz CT molecular complexity index is 1760. The molecule has 0 spiro atoms. The van der Waals surface area contributed by atoms with Gasteiger partial charge in [-0.15, -0.1) is 11.8 Å². The van der Waals surface area contributed by atoms with Gasteiger partial charge >= 0.3 is 10.8 Å². The van der Waals surface area contributed by atoms with Gasteiger partial charge in [-0.1, -0.05) is 35.6 Å². The van der Waals surface area contributed by atoms with Crippen LogP contribution in [0.3, 0.4) is 0 Å². The molecule has 11 nitrogen and oxygen atoms in total. The number of carbonyl (C=O) groups excluding carboxylic acids is 3. The predicted octanol–water partition coefficient (Wildman–Crippen LogP) is 4.19. The molecule has 2 aromatic carbocycles. The van der Waals surface area contributed by atoms with Crippen molar-refractivity contribution in [1.29, 1.82) is 0 Å². The number of likely N-dealkylation sites (tertiary alicyclic amines) is 1. The largest absolute Gasteiger partial charge is 0.490 e. The summed E-state index contributed by atoms with van der Waals surface area (Å²) in [5.41, 5.74) is 1.58. The number of thiazole rings is 1. The molecule has 2 saturated carbocycles. The molecule has 46 heavy (non-hydrogen) atoms. The van der Waals surface area contributed by atoms with Crippen LogP contribution in [0, 0.1) is 29.6 Å². The van der Waals surface area contributed by atoms with Gasteiger partial charge in [-0.3, -0.25) is 28.9 Å². The van der Waals surface area contributed by atoms with E-state index in [-0.39, 0.29) is 77.5 Å². The number of amides is 3. The number of hydrogen-bond donors (Lipinski definition) is 3. The zero-order valence-electron chi connectivity index (χ0n) is 25.0. The molecule has 3 amide bonds. The molecule has 13 heteroatoms. The molecule has 7 atom stereocenters. The standard InChI is InChI=1S/C33H33N3O8S2/c1-2-43-21-13-16(10-11-20(21)44-15-22(37)34-17-7-4-3-5-8-17)24-25-18-14-19(28(25)45-30-29(24)46-33(42)35-30)27-26(18)31(40)36(32(27)41)12-6-9-23(38)39/h3-5,7-8,10-11,13,18-19,24-28H,2,6,9,12,14-15H2,1H3,(H,34,37)(H,35,42)(H,38,39). The molecule has 0 radical (unpaired) electrons. The van der Waals surface area contributed by atoms with Crippen molar-refractivity contribution in [2.24, 2.45) is 29.6 Å². The van der Waals surface area contributed by atoms with Gasteiger partial charge in [0.05, 0.1) is 23.5 Å². The first kappa shape index (κ1) is 30.5. The second-order valence-electron chi connectivity index (χ2n) is 12.1. The maximum Gasteiger partial charge on any atom is 0.305 e. The Kier molecular flexibility index (Phi) is 8.14. The van der Waals surface area contributed by atoms with E-state index in [9.17, 15) is 24.0 Å². The number of benzene rings is 2. The number of imide groups is 1. The highest BCUT2D eigenvalue weighted by atomic mass is 32.2. The Balaban J connectivity index is 1.17. The minimum Gasteiger partial charge on any atom is -0.490 e. The van der Waals surface area contributed by atoms with E-state index in [0.29, 0.717) is 23.8 Å². The minimum atomic E-state index is -0.956. The maximum atomic E-state index is 13.7. The van der Waals surface area contributed by atoms with Crippen LogP contribution in [0.4, 0.5) is 5.69 Å². The number of carboxylic acid groups (broad SMARTS) is 1. The fourth-order valence-corrected chi connectivity index (χ4v) is 10.9. The Labute approximate surface area is 272 Å². The van der Waals surface area contributed by atoms with Crippen molar-refractivity contribution >= 4 is 52.5 Å². The van der Waals surface area contributed by atoms with Crippen molar-refractivity contribution in [1.82, 2.24) is 9.88 Å². The van der Waals surface area contributed by atoms with Crippen LogP contribution in [0.2, 0.25) is 0 Å². The summed E-state index contributed by atoms with van der Waals surface area (Å²) in [7, 11) is 0. The fourth-order valence-electron chi connectivity index (χ4n) is 8.03. The summed E-state index contributed by atoms with van der Waals surface area (Å²) in [5.74, 6) is -1.91. The molecular formula is C33H33N3O8S2. The Morgan fingerprint density at radius 1 is 1.02 bits per heavy atom. The lowest BCUT2D eigenvalue weighted by atomic mass is 9.68. The summed E-state index contributed by atoms with van der Waals surface area (Å²) in [6.45, 7) is 2.14. The number of carbonyl (C=O) groups is 4. The van der Waals surface area contributed by atoms with Crippen molar-refractivity contribution in [3.63, 3.8) is 0 Å². The van der Waals surface area contributed by atoms with Crippen LogP contribution in [-0.4, -0.2) is 63.7 Å². The highest BCUT2D eigenvalue weighted by molar-refractivity contribution is 8.00. The number of aromatic amines is 1. The number of carboxylic acids is 1. The second-order valence-corrected chi connectivity index (χ2v) is 14.3. The highest BCUT2D eigenvalue weighted by Gasteiger charge is 2.69. The Morgan fingerprint density at radius 3 is 2.52 bits per heavy atom. The van der Waals surface area contributed by atoms with Gasteiger partial charge in [0.2, 0.25) is 11.8 Å². The molecule has 7 rings (SSSR count). The van der Waals surface area contributed by atoms with Crippen molar-refractivity contribution in [3.8, 4) is 11.5 Å². The van der Waals surface area contributed by atoms with Gasteiger partial charge in [0.25, 0.3) is 5.91 Å². The third kappa shape index (κ3) is 5.28. The topological polar surface area (TPSA) is 155 Å². The van der Waals surface area contributed by atoms with Crippen LogP contribution in [0.25, 0.3) is 0 Å². The third-order valence-corrected chi connectivity index (χ3v) is 12.2. The molecule has 7 unspecified atom stereocenters. The third-order valence-electron chi connectivity index (χ3n) is 9.63. The average molecular weight is 664 g/mol. The Morgan fingerprint density at radius 2 is 1.78 bits per heavy atom. The van der Waals surface area contributed by atoms with Crippen LogP contribution >= 0.6 is 23.1 Å². The summed E-state index contributed by atoms with van der Waals surface area (Å²) in [6, 6.07) is 14.7. The number of thioether (sulfide) groups is 1. The molecule has 3 fully saturated rings. The van der Waals surface area contributed by atoms with Crippen molar-refractivity contribution < 1.29 is 33.8 Å². The fraction of sp³-hybridized carbons (Fsp3) is 0.424. The van der Waals surface area contributed by atoms with Gasteiger partial charge in [0.15, 0.2) is 18.1 Å². The van der Waals surface area contributed by atoms with E-state index in [1.165, 1.54) is 16.2 Å². The summed E-state index contributed by atoms with van der Waals surface area (Å²) < 4.78 is 11.9. The molecule has 2 aliphatic heterocycles. The van der Waals surface area contributed by atoms with E-state index in [1.54, 1.807) is 30.0 Å². The molecule has 1 aromatic heterocycles. The quantitative estimate of drug-likeness (QED) is 0.256. The molecule has 3 heterocycles. The summed E-state index contributed by atoms with van der Waals surface area (Å²) in [4.78, 5) is 68.5. The smallest absolute Gasteiger partial charge is 0.305 e. The normalized spacial score (nSPS) is 27.2. The molecule has 1 saturated heterocycles. The SMILES string of the molecule is CCOc1cc(C2c3sc(=O)[nH]c3SC3C4CC(C5C(=O)N(CCCC(=O)O)C(=O)C45)C23)ccc1OCC(=O)Nc1ccccc1. The average Bonchev–Trinajstić information content (AvgIpc) is 3.77. The number of aliphatic carboxylic acids is 1. The lowest BCUT2D eigenvalue weighted by Crippen LogP contribution is -2.42. The maximum absolute atomic E-state index is 13.7. The van der Waals surface area contributed by atoms with E-state index in [4.69, 9.17) is 14.6 Å². The number of aromatic nitrogens is 1. The van der Waals surface area contributed by atoms with Gasteiger partial charge in [-0.05, 0) is 67.3 Å². The van der Waals surface area contributed by atoms with Crippen LogP contribution in [-0.2, 0) is 19.2 Å². The van der Waals surface area contributed by atoms with Crippen molar-refractivity contribution in [3.05, 3.63) is 68.6 Å². The highest BCUT2D eigenvalue weighted by Crippen LogP contribution is 2.68. The number of nitrogens with one attached hydrogen (secondary N) is 2. The van der Waals surface area contributed by atoms with E-state index >= 15 is 0 Å². The number of H-pyrrole nitrogens is 1. The first-order chi connectivity index (χ1) is 22.2. The zero-order chi connectivity index (χ0) is 32.1. The molecule has 2 aliphatic carbocycles. The number of rotatable bonds is 11. The molecule has 3 aromatic rings. The number of hydrogen-bond acceptors (Lipinski definition) is 9. The van der Waals surface area contributed by atoms with Gasteiger partial charge in [0, 0.05) is 34.7 Å². The van der Waals surface area contributed by atoms with Crippen LogP contribution in [0.15, 0.2) is 58.4 Å². The number of anilines is 1. The molecule has 3 N–H and O–H groups in total. The van der Waals surface area contributed by atoms with Crippen LogP contribution in [0.1, 0.15) is 42.5 Å². The molecular weight excluding hydrogens is 631 g/mol. The zero-order valence-corrected chi connectivity index (χ0v) is 26.6. The molecule has 240 valence electrons. The van der Waals surface area contributed by atoms with Gasteiger partial charge < -0.3 is 24.9 Å². The van der Waals surface area contributed by atoms with Crippen LogP contribution < -0.4 is 19.7 Å². The monoisotopic (exact) mass is 663 g/mol. The number of fused-ring (bicyclic) bond motifs is 9. The van der Waals surface area contributed by atoms with Crippen molar-refractivity contribution in [2.45, 2.75) is 42.4 Å². The van der Waals surface area contributed by atoms with Gasteiger partial charge in [-0.25, -0.2) is 0 Å². The first-order valence-corrected chi connectivity index (χ1v) is 17.2. The lowest BCUT2D eigenvalue weighted by Gasteiger charge is -2.43. The second kappa shape index (κ2) is 12.3. The van der Waals surface area contributed by atoms with E-state index < -0.39 is 17.8 Å². The lowest BCUT2D eigenvalue weighted by molar-refractivity contribution is -0.142. The summed E-state index contributed by atoms with van der Waals surface area (Å²) in [6.07, 6.45) is 0.881. The Hall–Kier alpha value is -4.10. The summed E-state index contributed by atoms with van der Waals surface area (Å²) in [5, 5.41) is 12.7. The van der Waals surface area contributed by atoms with Crippen LogP contribution in [0.5, 0.6) is 11.5 Å². The van der Waals surface area contributed by atoms with Gasteiger partial charge in [-0.2, -0.15) is 0 Å². The minimum absolute atomic E-state index is 0.00353. The van der Waals surface area contributed by atoms with E-state index in [0.717, 1.165) is 21.9 Å². The number of para-hydroxylation sites is 1. The molecule has 4 aliphatic rings. The number of nitrogens with zero attached hydrogens (tertiary/aromatic N) is 1.